The van der Waals surface area contributed by atoms with Crippen molar-refractivity contribution >= 4 is 5.91 Å². The fourth-order valence-electron chi connectivity index (χ4n) is 6.80. The van der Waals surface area contributed by atoms with E-state index in [0.717, 1.165) is 36.6 Å². The predicted octanol–water partition coefficient (Wildman–Crippen LogP) is 0.139. The van der Waals surface area contributed by atoms with Gasteiger partial charge in [0.1, 0.15) is 11.6 Å². The van der Waals surface area contributed by atoms with Crippen molar-refractivity contribution in [3.63, 3.8) is 0 Å². The number of carbonyl (C=O) groups excluding carboxylic acids is 1. The number of amides is 1. The Hall–Kier alpha value is -1.83. The summed E-state index contributed by atoms with van der Waals surface area (Å²) in [6, 6.07) is 3.55. The lowest BCUT2D eigenvalue weighted by Crippen LogP contribution is -2.82. The molecule has 2 saturated carbocycles. The zero-order valence-corrected chi connectivity index (χ0v) is 15.9. The van der Waals surface area contributed by atoms with Crippen molar-refractivity contribution in [1.82, 2.24) is 4.90 Å². The minimum absolute atomic E-state index is 0.0339. The Bertz CT molecular complexity index is 902. The minimum atomic E-state index is -1.37. The van der Waals surface area contributed by atoms with Gasteiger partial charge in [-0.1, -0.05) is 6.07 Å². The summed E-state index contributed by atoms with van der Waals surface area (Å²) >= 11 is 0. The molecule has 1 amide bonds. The molecule has 1 saturated heterocycles. The molecule has 2 heterocycles. The fourth-order valence-corrected chi connectivity index (χ4v) is 6.80. The van der Waals surface area contributed by atoms with Gasteiger partial charge in [0, 0.05) is 18.2 Å². The molecule has 150 valence electrons. The van der Waals surface area contributed by atoms with Crippen LogP contribution in [0.2, 0.25) is 0 Å². The van der Waals surface area contributed by atoms with Crippen molar-refractivity contribution in [2.24, 2.45) is 17.4 Å². The molecule has 2 aliphatic heterocycles. The van der Waals surface area contributed by atoms with E-state index in [4.69, 9.17) is 16.2 Å². The van der Waals surface area contributed by atoms with Gasteiger partial charge in [-0.2, -0.15) is 0 Å². The van der Waals surface area contributed by atoms with Gasteiger partial charge in [-0.3, -0.25) is 9.69 Å². The molecule has 5 aliphatic rings. The monoisotopic (exact) mass is 385 g/mol. The van der Waals surface area contributed by atoms with Crippen LogP contribution >= 0.6 is 0 Å². The maximum absolute atomic E-state index is 12.4. The number of aromatic hydroxyl groups is 1. The zero-order chi connectivity index (χ0) is 19.5. The average Bonchev–Trinajstić information content (AvgIpc) is 3.39. The van der Waals surface area contributed by atoms with Crippen LogP contribution in [0.4, 0.5) is 0 Å². The number of phenolic OH excluding ortho intramolecular Hbond substituents is 1. The lowest BCUT2D eigenvalue weighted by Gasteiger charge is -2.65. The molecule has 6 rings (SSSR count). The van der Waals surface area contributed by atoms with Crippen LogP contribution in [0.15, 0.2) is 12.1 Å². The summed E-state index contributed by atoms with van der Waals surface area (Å²) in [5, 5.41) is 22.7. The van der Waals surface area contributed by atoms with Crippen molar-refractivity contribution in [2.75, 3.05) is 13.1 Å². The summed E-state index contributed by atoms with van der Waals surface area (Å²) in [5.74, 6) is 0.543. The van der Waals surface area contributed by atoms with Gasteiger partial charge in [-0.25, -0.2) is 0 Å². The molecule has 6 N–H and O–H groups in total. The number of benzene rings is 1. The smallest absolute Gasteiger partial charge is 0.241 e. The third-order valence-corrected chi connectivity index (χ3v) is 8.36. The number of phenols is 1. The van der Waals surface area contributed by atoms with Crippen molar-refractivity contribution in [3.8, 4) is 11.5 Å². The van der Waals surface area contributed by atoms with Gasteiger partial charge in [0.15, 0.2) is 11.5 Å². The molecule has 3 aliphatic carbocycles. The third-order valence-electron chi connectivity index (χ3n) is 8.36. The quantitative estimate of drug-likeness (QED) is 0.587. The highest BCUT2D eigenvalue weighted by molar-refractivity contribution is 5.87. The van der Waals surface area contributed by atoms with Gasteiger partial charge in [0.2, 0.25) is 5.91 Å². The number of carbonyl (C=O) groups is 1. The molecule has 7 heteroatoms. The number of rotatable bonds is 3. The predicted molar refractivity (Wildman–Crippen MR) is 101 cm³/mol. The van der Waals surface area contributed by atoms with Crippen LogP contribution in [-0.2, 0) is 16.6 Å². The summed E-state index contributed by atoms with van der Waals surface area (Å²) in [5.41, 5.74) is 11.0. The zero-order valence-electron chi connectivity index (χ0n) is 15.9. The first kappa shape index (κ1) is 17.1. The van der Waals surface area contributed by atoms with E-state index in [9.17, 15) is 15.0 Å². The molecule has 2 bridgehead atoms. The second-order valence-corrected chi connectivity index (χ2v) is 9.65. The first-order chi connectivity index (χ1) is 13.3. The van der Waals surface area contributed by atoms with Crippen LogP contribution in [0.1, 0.15) is 43.2 Å². The molecular weight excluding hydrogens is 358 g/mol. The van der Waals surface area contributed by atoms with E-state index in [1.807, 2.05) is 6.07 Å². The molecule has 0 radical (unpaired) electrons. The largest absolute Gasteiger partial charge is 0.504 e. The molecule has 28 heavy (non-hydrogen) atoms. The van der Waals surface area contributed by atoms with Gasteiger partial charge in [-0.15, -0.1) is 0 Å². The topological polar surface area (TPSA) is 122 Å². The lowest BCUT2D eigenvalue weighted by atomic mass is 9.46. The van der Waals surface area contributed by atoms with Crippen LogP contribution in [-0.4, -0.2) is 57.4 Å². The first-order valence-corrected chi connectivity index (χ1v) is 10.4. The Morgan fingerprint density at radius 1 is 1.29 bits per heavy atom. The summed E-state index contributed by atoms with van der Waals surface area (Å²) in [6.07, 6.45) is 3.83. The Labute approximate surface area is 163 Å². The normalized spacial score (nSPS) is 43.4. The molecule has 0 aromatic heterocycles. The molecule has 1 aromatic carbocycles. The van der Waals surface area contributed by atoms with E-state index in [2.05, 4.69) is 4.90 Å². The lowest BCUT2D eigenvalue weighted by molar-refractivity contribution is -0.202. The van der Waals surface area contributed by atoms with E-state index in [-0.39, 0.29) is 18.2 Å². The standard InChI is InChI=1S/C21H27N3O4/c22-18(26)20(23)5-6-21(27)14-9-12-3-4-13(25)16-15(12)19(21,17(20)28-16)7-8-24(14)10-11-1-2-11/h3-4,11,14,17,25,27H,1-2,5-10,23H2,(H2,22,26)/t14-,17-,19+,20+,21-/m1/s1. The van der Waals surface area contributed by atoms with Crippen LogP contribution in [0.25, 0.3) is 0 Å². The molecule has 0 unspecified atom stereocenters. The molecule has 3 fully saturated rings. The van der Waals surface area contributed by atoms with Crippen molar-refractivity contribution in [2.45, 2.75) is 67.2 Å². The highest BCUT2D eigenvalue weighted by atomic mass is 16.5. The number of nitrogens with zero attached hydrogens (tertiary/aromatic N) is 1. The summed E-state index contributed by atoms with van der Waals surface area (Å²) < 4.78 is 6.23. The Kier molecular flexibility index (Phi) is 3.05. The Morgan fingerprint density at radius 3 is 2.79 bits per heavy atom. The Morgan fingerprint density at radius 2 is 2.07 bits per heavy atom. The number of hydrogen-bond donors (Lipinski definition) is 4. The van der Waals surface area contributed by atoms with Crippen molar-refractivity contribution in [1.29, 1.82) is 0 Å². The number of likely N-dealkylation sites (tertiary alicyclic amines) is 1. The van der Waals surface area contributed by atoms with Gasteiger partial charge < -0.3 is 26.4 Å². The van der Waals surface area contributed by atoms with E-state index in [1.54, 1.807) is 6.07 Å². The molecule has 7 nitrogen and oxygen atoms in total. The number of primary amides is 1. The molecular formula is C21H27N3O4. The number of ether oxygens (including phenoxy) is 1. The number of hydrogen-bond acceptors (Lipinski definition) is 6. The van der Waals surface area contributed by atoms with Gasteiger partial charge >= 0.3 is 0 Å². The minimum Gasteiger partial charge on any atom is -0.504 e. The molecule has 5 atom stereocenters. The van der Waals surface area contributed by atoms with E-state index >= 15 is 0 Å². The van der Waals surface area contributed by atoms with Crippen molar-refractivity contribution < 1.29 is 19.7 Å². The highest BCUT2D eigenvalue weighted by Gasteiger charge is 2.76. The maximum atomic E-state index is 12.4. The SMILES string of the molecule is NC(=O)[C@]1(N)CC[C@@]2(O)[C@H]3Cc4ccc(O)c5c4[C@@]2(CCN3CC2CC2)[C@H]1O5. The van der Waals surface area contributed by atoms with Crippen LogP contribution in [0, 0.1) is 5.92 Å². The Balaban J connectivity index is 1.58. The summed E-state index contributed by atoms with van der Waals surface area (Å²) in [4.78, 5) is 14.9. The summed E-state index contributed by atoms with van der Waals surface area (Å²) in [6.45, 7) is 1.84. The van der Waals surface area contributed by atoms with E-state index < -0.39 is 28.6 Å². The third kappa shape index (κ3) is 1.75. The van der Waals surface area contributed by atoms with E-state index in [1.165, 1.54) is 12.8 Å². The second-order valence-electron chi connectivity index (χ2n) is 9.65. The molecule has 1 aromatic rings. The maximum Gasteiger partial charge on any atom is 0.241 e. The number of piperidine rings is 1. The first-order valence-electron chi connectivity index (χ1n) is 10.4. The van der Waals surface area contributed by atoms with Crippen LogP contribution < -0.4 is 16.2 Å². The highest BCUT2D eigenvalue weighted by Crippen LogP contribution is 2.66. The summed E-state index contributed by atoms with van der Waals surface area (Å²) in [7, 11) is 0. The number of nitrogens with two attached hydrogens (primary N) is 2. The fraction of sp³-hybridized carbons (Fsp3) is 0.667. The van der Waals surface area contributed by atoms with Gasteiger partial charge in [0.25, 0.3) is 0 Å². The van der Waals surface area contributed by atoms with E-state index in [0.29, 0.717) is 18.6 Å². The second kappa shape index (κ2) is 5.01. The van der Waals surface area contributed by atoms with Crippen LogP contribution in [0.3, 0.4) is 0 Å². The molecule has 1 spiro atoms. The van der Waals surface area contributed by atoms with Gasteiger partial charge in [0.05, 0.1) is 11.0 Å². The average molecular weight is 385 g/mol. The van der Waals surface area contributed by atoms with Crippen molar-refractivity contribution in [3.05, 3.63) is 23.3 Å². The number of aliphatic hydroxyl groups is 1. The van der Waals surface area contributed by atoms with Crippen LogP contribution in [0.5, 0.6) is 11.5 Å². The van der Waals surface area contributed by atoms with Gasteiger partial charge in [-0.05, 0) is 62.6 Å².